The number of likely N-dealkylation sites (N-methyl/N-ethyl adjacent to an activating group) is 1. The van der Waals surface area contributed by atoms with Crippen LogP contribution in [0.5, 0.6) is 0 Å². The molecule has 0 bridgehead atoms. The first-order chi connectivity index (χ1) is 11.7. The topological polar surface area (TPSA) is 100 Å². The van der Waals surface area contributed by atoms with Crippen LogP contribution in [0.2, 0.25) is 0 Å². The molecule has 0 aliphatic carbocycles. The van der Waals surface area contributed by atoms with Crippen LogP contribution in [0.15, 0.2) is 28.8 Å². The second-order valence-electron chi connectivity index (χ2n) is 5.38. The van der Waals surface area contributed by atoms with E-state index in [-0.39, 0.29) is 22.9 Å². The third kappa shape index (κ3) is 3.60. The van der Waals surface area contributed by atoms with Crippen LogP contribution in [-0.2, 0) is 11.0 Å². The quantitative estimate of drug-likeness (QED) is 0.846. The van der Waals surface area contributed by atoms with E-state index < -0.39 is 24.0 Å². The summed E-state index contributed by atoms with van der Waals surface area (Å²) in [4.78, 5) is 27.0. The lowest BCUT2D eigenvalue weighted by molar-refractivity contribution is -0.159. The SMILES string of the molecule is CN1CC(NC(=O)c2ccc(-c3noc(C(F)(F)F)n3)cc2)C(=O)N1. The molecule has 11 heteroatoms. The molecule has 1 unspecified atom stereocenters. The van der Waals surface area contributed by atoms with Crippen molar-refractivity contribution in [1.29, 1.82) is 0 Å². The Bertz CT molecular complexity index is 803. The van der Waals surface area contributed by atoms with Crippen LogP contribution in [0.1, 0.15) is 16.2 Å². The van der Waals surface area contributed by atoms with Crippen molar-refractivity contribution in [2.24, 2.45) is 0 Å². The van der Waals surface area contributed by atoms with E-state index in [4.69, 9.17) is 0 Å². The minimum absolute atomic E-state index is 0.240. The van der Waals surface area contributed by atoms with Gasteiger partial charge in [0.05, 0.1) is 0 Å². The highest BCUT2D eigenvalue weighted by atomic mass is 19.4. The van der Waals surface area contributed by atoms with Crippen molar-refractivity contribution in [3.8, 4) is 11.4 Å². The fourth-order valence-corrected chi connectivity index (χ4v) is 2.25. The number of carbonyl (C=O) groups excluding carboxylic acids is 2. The van der Waals surface area contributed by atoms with Gasteiger partial charge < -0.3 is 9.84 Å². The first-order valence-corrected chi connectivity index (χ1v) is 7.08. The molecule has 2 aromatic rings. The zero-order valence-corrected chi connectivity index (χ0v) is 12.8. The standard InChI is InChI=1S/C14H12F3N5O3/c1-22-6-9(12(24)20-22)18-11(23)8-4-2-7(3-5-8)10-19-13(25-21-10)14(15,16)17/h2-5,9H,6H2,1H3,(H,18,23)(H,20,24). The molecular formula is C14H12F3N5O3. The van der Waals surface area contributed by atoms with Gasteiger partial charge in [0, 0.05) is 24.7 Å². The fourth-order valence-electron chi connectivity index (χ4n) is 2.25. The molecule has 2 N–H and O–H groups in total. The summed E-state index contributed by atoms with van der Waals surface area (Å²) in [6, 6.07) is 4.89. The lowest BCUT2D eigenvalue weighted by Gasteiger charge is -2.10. The van der Waals surface area contributed by atoms with Crippen LogP contribution >= 0.6 is 0 Å². The Morgan fingerprint density at radius 1 is 1.36 bits per heavy atom. The lowest BCUT2D eigenvalue weighted by atomic mass is 10.1. The third-order valence-corrected chi connectivity index (χ3v) is 3.45. The Morgan fingerprint density at radius 2 is 2.04 bits per heavy atom. The second-order valence-corrected chi connectivity index (χ2v) is 5.38. The molecule has 2 heterocycles. The Labute approximate surface area is 139 Å². The van der Waals surface area contributed by atoms with Crippen molar-refractivity contribution in [3.63, 3.8) is 0 Å². The van der Waals surface area contributed by atoms with Crippen LogP contribution in [0.3, 0.4) is 0 Å². The van der Waals surface area contributed by atoms with E-state index in [0.29, 0.717) is 6.54 Å². The molecule has 1 aromatic heterocycles. The van der Waals surface area contributed by atoms with Crippen LogP contribution in [0, 0.1) is 0 Å². The zero-order chi connectivity index (χ0) is 18.2. The van der Waals surface area contributed by atoms with Gasteiger partial charge in [0.15, 0.2) is 0 Å². The van der Waals surface area contributed by atoms with Gasteiger partial charge in [-0.25, -0.2) is 5.01 Å². The molecule has 25 heavy (non-hydrogen) atoms. The van der Waals surface area contributed by atoms with Crippen molar-refractivity contribution in [3.05, 3.63) is 35.7 Å². The molecular weight excluding hydrogens is 343 g/mol. The van der Waals surface area contributed by atoms with Crippen LogP contribution in [-0.4, -0.2) is 46.6 Å². The molecule has 1 fully saturated rings. The maximum Gasteiger partial charge on any atom is 0.471 e. The predicted molar refractivity (Wildman–Crippen MR) is 76.8 cm³/mol. The summed E-state index contributed by atoms with van der Waals surface area (Å²) < 4.78 is 41.5. The molecule has 0 saturated carbocycles. The maximum atomic E-state index is 12.5. The first kappa shape index (κ1) is 16.9. The molecule has 2 amide bonds. The highest BCUT2D eigenvalue weighted by Gasteiger charge is 2.38. The van der Waals surface area contributed by atoms with Gasteiger partial charge in [0.25, 0.3) is 11.8 Å². The molecule has 8 nitrogen and oxygen atoms in total. The molecule has 1 aromatic carbocycles. The predicted octanol–water partition coefficient (Wildman–Crippen LogP) is 0.830. The van der Waals surface area contributed by atoms with Gasteiger partial charge in [-0.3, -0.25) is 15.0 Å². The van der Waals surface area contributed by atoms with Crippen molar-refractivity contribution < 1.29 is 27.3 Å². The number of aromatic nitrogens is 2. The number of rotatable bonds is 3. The largest absolute Gasteiger partial charge is 0.471 e. The lowest BCUT2D eigenvalue weighted by Crippen LogP contribution is -2.41. The van der Waals surface area contributed by atoms with Crippen LogP contribution in [0.4, 0.5) is 13.2 Å². The minimum Gasteiger partial charge on any atom is -0.339 e. The van der Waals surface area contributed by atoms with Gasteiger partial charge in [0.1, 0.15) is 6.04 Å². The van der Waals surface area contributed by atoms with Crippen LogP contribution < -0.4 is 10.7 Å². The summed E-state index contributed by atoms with van der Waals surface area (Å²) in [5.74, 6) is -2.48. The van der Waals surface area contributed by atoms with E-state index in [1.54, 1.807) is 12.1 Å². The molecule has 132 valence electrons. The van der Waals surface area contributed by atoms with E-state index >= 15 is 0 Å². The third-order valence-electron chi connectivity index (χ3n) is 3.45. The highest BCUT2D eigenvalue weighted by molar-refractivity contribution is 5.98. The second kappa shape index (κ2) is 6.16. The van der Waals surface area contributed by atoms with Gasteiger partial charge in [-0.2, -0.15) is 18.2 Å². The van der Waals surface area contributed by atoms with Gasteiger partial charge >= 0.3 is 12.1 Å². The molecule has 1 aliphatic heterocycles. The van der Waals surface area contributed by atoms with E-state index in [9.17, 15) is 22.8 Å². The summed E-state index contributed by atoms with van der Waals surface area (Å²) in [5, 5.41) is 7.38. The van der Waals surface area contributed by atoms with E-state index in [2.05, 4.69) is 25.4 Å². The Morgan fingerprint density at radius 3 is 2.56 bits per heavy atom. The van der Waals surface area contributed by atoms with Crippen molar-refractivity contribution >= 4 is 11.8 Å². The summed E-state index contributed by atoms with van der Waals surface area (Å²) in [7, 11) is 1.67. The number of halogens is 3. The maximum absolute atomic E-state index is 12.5. The number of nitrogens with zero attached hydrogens (tertiary/aromatic N) is 3. The molecule has 1 atom stereocenters. The number of hydrogen-bond donors (Lipinski definition) is 2. The zero-order valence-electron chi connectivity index (χ0n) is 12.8. The minimum atomic E-state index is -4.72. The Kier molecular flexibility index (Phi) is 4.17. The number of hydrogen-bond acceptors (Lipinski definition) is 6. The van der Waals surface area contributed by atoms with Crippen molar-refractivity contribution in [2.75, 3.05) is 13.6 Å². The Hall–Kier alpha value is -2.95. The van der Waals surface area contributed by atoms with E-state index in [0.717, 1.165) is 0 Å². The molecule has 1 saturated heterocycles. The number of carbonyl (C=O) groups is 2. The average molecular weight is 355 g/mol. The van der Waals surface area contributed by atoms with Gasteiger partial charge in [0.2, 0.25) is 5.82 Å². The number of benzene rings is 1. The van der Waals surface area contributed by atoms with Gasteiger partial charge in [-0.1, -0.05) is 17.3 Å². The average Bonchev–Trinajstić information content (AvgIpc) is 3.14. The first-order valence-electron chi connectivity index (χ1n) is 7.08. The monoisotopic (exact) mass is 355 g/mol. The summed E-state index contributed by atoms with van der Waals surface area (Å²) in [5.41, 5.74) is 3.03. The fraction of sp³-hybridized carbons (Fsp3) is 0.286. The number of nitrogens with one attached hydrogen (secondary N) is 2. The number of amides is 2. The highest BCUT2D eigenvalue weighted by Crippen LogP contribution is 2.29. The van der Waals surface area contributed by atoms with Gasteiger partial charge in [-0.05, 0) is 12.1 Å². The smallest absolute Gasteiger partial charge is 0.339 e. The number of hydrazine groups is 1. The normalized spacial score (nSPS) is 18.2. The summed E-state index contributed by atoms with van der Waals surface area (Å²) in [6.45, 7) is 0.325. The molecule has 3 rings (SSSR count). The van der Waals surface area contributed by atoms with Crippen molar-refractivity contribution in [2.45, 2.75) is 12.2 Å². The van der Waals surface area contributed by atoms with E-state index in [1.807, 2.05) is 0 Å². The van der Waals surface area contributed by atoms with Crippen molar-refractivity contribution in [1.82, 2.24) is 25.9 Å². The molecule has 0 spiro atoms. The molecule has 0 radical (unpaired) electrons. The van der Waals surface area contributed by atoms with Gasteiger partial charge in [-0.15, -0.1) is 0 Å². The number of alkyl halides is 3. The molecule has 1 aliphatic rings. The van der Waals surface area contributed by atoms with Crippen LogP contribution in [0.25, 0.3) is 11.4 Å². The summed E-state index contributed by atoms with van der Waals surface area (Å²) in [6.07, 6.45) is -4.72. The summed E-state index contributed by atoms with van der Waals surface area (Å²) >= 11 is 0. The Balaban J connectivity index is 1.71. The van der Waals surface area contributed by atoms with E-state index in [1.165, 1.54) is 24.3 Å².